The summed E-state index contributed by atoms with van der Waals surface area (Å²) < 4.78 is 4.93. The monoisotopic (exact) mass is 395 g/mol. The van der Waals surface area contributed by atoms with Crippen molar-refractivity contribution in [2.24, 2.45) is 0 Å². The lowest BCUT2D eigenvalue weighted by atomic mass is 10.1. The number of amides is 2. The third-order valence-electron chi connectivity index (χ3n) is 3.98. The van der Waals surface area contributed by atoms with Gasteiger partial charge in [0.15, 0.2) is 5.82 Å². The van der Waals surface area contributed by atoms with Gasteiger partial charge in [-0.2, -0.15) is 0 Å². The van der Waals surface area contributed by atoms with Crippen LogP contribution in [0.1, 0.15) is 16.6 Å². The van der Waals surface area contributed by atoms with Crippen LogP contribution in [0.3, 0.4) is 0 Å². The highest BCUT2D eigenvalue weighted by Gasteiger charge is 2.26. The van der Waals surface area contributed by atoms with E-state index < -0.39 is 5.25 Å². The smallest absolute Gasteiger partial charge is 0.245 e. The van der Waals surface area contributed by atoms with E-state index in [0.29, 0.717) is 11.6 Å². The molecule has 0 aliphatic carbocycles. The van der Waals surface area contributed by atoms with E-state index in [9.17, 15) is 9.59 Å². The van der Waals surface area contributed by atoms with Gasteiger partial charge >= 0.3 is 0 Å². The Morgan fingerprint density at radius 3 is 2.36 bits per heavy atom. The molecular formula is C21H21N3O3S. The van der Waals surface area contributed by atoms with Crippen LogP contribution in [0.15, 0.2) is 76.1 Å². The summed E-state index contributed by atoms with van der Waals surface area (Å²) >= 11 is 1.46. The zero-order valence-electron chi connectivity index (χ0n) is 15.7. The van der Waals surface area contributed by atoms with Gasteiger partial charge in [-0.25, -0.2) is 0 Å². The number of nitrogens with one attached hydrogen (secondary N) is 1. The van der Waals surface area contributed by atoms with Gasteiger partial charge in [-0.05, 0) is 24.6 Å². The van der Waals surface area contributed by atoms with Crippen LogP contribution in [-0.4, -0.2) is 35.5 Å². The summed E-state index contributed by atoms with van der Waals surface area (Å²) in [6.07, 6.45) is 0. The maximum Gasteiger partial charge on any atom is 0.245 e. The van der Waals surface area contributed by atoms with Crippen molar-refractivity contribution in [2.45, 2.75) is 17.1 Å². The van der Waals surface area contributed by atoms with Crippen LogP contribution in [-0.2, 0) is 9.59 Å². The maximum atomic E-state index is 13.1. The Kier molecular flexibility index (Phi) is 6.49. The first kappa shape index (κ1) is 19.7. The Labute approximate surface area is 167 Å². The number of carbonyl (C=O) groups is 2. The Hall–Kier alpha value is -3.06. The number of hydrogen-bond acceptors (Lipinski definition) is 5. The number of likely N-dealkylation sites (N-methyl/N-ethyl adjacent to an activating group) is 1. The molecule has 1 aromatic heterocycles. The van der Waals surface area contributed by atoms with Crippen LogP contribution in [0.2, 0.25) is 0 Å². The molecule has 144 valence electrons. The van der Waals surface area contributed by atoms with Gasteiger partial charge in [0.25, 0.3) is 0 Å². The lowest BCUT2D eigenvalue weighted by Gasteiger charge is -2.23. The Morgan fingerprint density at radius 2 is 1.75 bits per heavy atom. The molecule has 7 heteroatoms. The fourth-order valence-electron chi connectivity index (χ4n) is 2.63. The van der Waals surface area contributed by atoms with Gasteiger partial charge in [-0.1, -0.05) is 53.7 Å². The van der Waals surface area contributed by atoms with Crippen molar-refractivity contribution in [2.75, 3.05) is 18.9 Å². The van der Waals surface area contributed by atoms with Crippen LogP contribution in [0.5, 0.6) is 0 Å². The average molecular weight is 395 g/mol. The Balaban J connectivity index is 1.71. The molecule has 0 bridgehead atoms. The Bertz CT molecular complexity index is 928. The second-order valence-electron chi connectivity index (χ2n) is 6.29. The number of hydrogen-bond donors (Lipinski definition) is 1. The topological polar surface area (TPSA) is 75.4 Å². The van der Waals surface area contributed by atoms with Crippen LogP contribution in [0, 0.1) is 6.92 Å². The van der Waals surface area contributed by atoms with Gasteiger partial charge in [0.05, 0.1) is 6.54 Å². The maximum absolute atomic E-state index is 13.1. The minimum absolute atomic E-state index is 0.0799. The predicted molar refractivity (Wildman–Crippen MR) is 109 cm³/mol. The summed E-state index contributed by atoms with van der Waals surface area (Å²) in [5.74, 6) is 0.456. The van der Waals surface area contributed by atoms with Crippen molar-refractivity contribution in [3.05, 3.63) is 78.1 Å². The van der Waals surface area contributed by atoms with Crippen LogP contribution >= 0.6 is 11.8 Å². The lowest BCUT2D eigenvalue weighted by Crippen LogP contribution is -2.37. The normalized spacial score (nSPS) is 11.6. The summed E-state index contributed by atoms with van der Waals surface area (Å²) in [4.78, 5) is 27.8. The molecule has 28 heavy (non-hydrogen) atoms. The molecule has 0 saturated heterocycles. The fraction of sp³-hybridized carbons (Fsp3) is 0.190. The van der Waals surface area contributed by atoms with E-state index in [2.05, 4.69) is 10.5 Å². The minimum atomic E-state index is -0.448. The van der Waals surface area contributed by atoms with Gasteiger partial charge < -0.3 is 14.7 Å². The first-order valence-electron chi connectivity index (χ1n) is 8.78. The Morgan fingerprint density at radius 1 is 1.11 bits per heavy atom. The number of rotatable bonds is 7. The van der Waals surface area contributed by atoms with Crippen molar-refractivity contribution in [1.29, 1.82) is 0 Å². The van der Waals surface area contributed by atoms with Crippen LogP contribution < -0.4 is 5.32 Å². The lowest BCUT2D eigenvalue weighted by molar-refractivity contribution is -0.132. The zero-order chi connectivity index (χ0) is 19.9. The third kappa shape index (κ3) is 5.23. The van der Waals surface area contributed by atoms with Crippen LogP contribution in [0.25, 0.3) is 0 Å². The molecule has 2 amide bonds. The van der Waals surface area contributed by atoms with E-state index >= 15 is 0 Å². The second kappa shape index (κ2) is 9.23. The molecule has 1 N–H and O–H groups in total. The van der Waals surface area contributed by atoms with E-state index in [0.717, 1.165) is 10.5 Å². The van der Waals surface area contributed by atoms with Crippen molar-refractivity contribution in [3.63, 3.8) is 0 Å². The minimum Gasteiger partial charge on any atom is -0.360 e. The van der Waals surface area contributed by atoms with E-state index in [-0.39, 0.29) is 18.4 Å². The van der Waals surface area contributed by atoms with Crippen molar-refractivity contribution in [1.82, 2.24) is 10.1 Å². The van der Waals surface area contributed by atoms with Gasteiger partial charge in [0.1, 0.15) is 11.0 Å². The van der Waals surface area contributed by atoms with E-state index in [1.807, 2.05) is 60.7 Å². The molecule has 0 saturated carbocycles. The van der Waals surface area contributed by atoms with Crippen LogP contribution in [0.4, 0.5) is 5.82 Å². The second-order valence-corrected chi connectivity index (χ2v) is 7.47. The average Bonchev–Trinajstić information content (AvgIpc) is 3.11. The highest BCUT2D eigenvalue weighted by molar-refractivity contribution is 8.00. The van der Waals surface area contributed by atoms with E-state index in [4.69, 9.17) is 4.52 Å². The number of carbonyl (C=O) groups excluding carboxylic acids is 2. The molecule has 0 spiro atoms. The molecule has 0 radical (unpaired) electrons. The molecule has 0 aliphatic heterocycles. The molecule has 3 aromatic rings. The number of aryl methyl sites for hydroxylation is 1. The number of anilines is 1. The summed E-state index contributed by atoms with van der Waals surface area (Å²) in [5.41, 5.74) is 0.890. The highest BCUT2D eigenvalue weighted by atomic mass is 32.2. The molecule has 0 fully saturated rings. The largest absolute Gasteiger partial charge is 0.360 e. The summed E-state index contributed by atoms with van der Waals surface area (Å²) in [7, 11) is 1.62. The zero-order valence-corrected chi connectivity index (χ0v) is 16.5. The van der Waals surface area contributed by atoms with Gasteiger partial charge in [-0.15, -0.1) is 11.8 Å². The van der Waals surface area contributed by atoms with Gasteiger partial charge in [0.2, 0.25) is 11.8 Å². The number of thioether (sulfide) groups is 1. The summed E-state index contributed by atoms with van der Waals surface area (Å²) in [6.45, 7) is 1.66. The third-order valence-corrected chi connectivity index (χ3v) is 5.23. The molecule has 0 unspecified atom stereocenters. The van der Waals surface area contributed by atoms with E-state index in [1.165, 1.54) is 16.7 Å². The predicted octanol–water partition coefficient (Wildman–Crippen LogP) is 3.91. The molecule has 0 aliphatic rings. The van der Waals surface area contributed by atoms with Gasteiger partial charge in [0, 0.05) is 18.0 Å². The molecule has 1 heterocycles. The quantitative estimate of drug-likeness (QED) is 0.614. The van der Waals surface area contributed by atoms with E-state index in [1.54, 1.807) is 20.0 Å². The van der Waals surface area contributed by atoms with Crippen molar-refractivity contribution >= 4 is 29.4 Å². The summed E-state index contributed by atoms with van der Waals surface area (Å²) in [5, 5.41) is 5.92. The van der Waals surface area contributed by atoms with Crippen molar-refractivity contribution < 1.29 is 14.1 Å². The molecule has 6 nitrogen and oxygen atoms in total. The van der Waals surface area contributed by atoms with Gasteiger partial charge in [-0.3, -0.25) is 9.59 Å². The molecule has 2 aromatic carbocycles. The highest BCUT2D eigenvalue weighted by Crippen LogP contribution is 2.36. The number of nitrogens with zero attached hydrogens (tertiary/aromatic N) is 2. The summed E-state index contributed by atoms with van der Waals surface area (Å²) in [6, 6.07) is 20.9. The molecule has 3 rings (SSSR count). The number of benzene rings is 2. The molecule has 1 atom stereocenters. The SMILES string of the molecule is Cc1cc(NC(=O)CN(C)C(=O)[C@@H](Sc2ccccc2)c2ccccc2)no1. The number of aromatic nitrogens is 1. The first-order valence-corrected chi connectivity index (χ1v) is 9.65. The fourth-order valence-corrected chi connectivity index (χ4v) is 3.79. The standard InChI is InChI=1S/C21H21N3O3S/c1-15-13-18(23-27-15)22-19(25)14-24(2)21(26)20(16-9-5-3-6-10-16)28-17-11-7-4-8-12-17/h3-13,20H,14H2,1-2H3,(H,22,23,25)/t20-/m0/s1. The molecular weight excluding hydrogens is 374 g/mol. The first-order chi connectivity index (χ1) is 13.5. The van der Waals surface area contributed by atoms with Crippen molar-refractivity contribution in [3.8, 4) is 0 Å².